The minimum Gasteiger partial charge on any atom is -0.385 e. The van der Waals surface area contributed by atoms with Gasteiger partial charge in [0.25, 0.3) is 0 Å². The van der Waals surface area contributed by atoms with E-state index in [1.54, 1.807) is 0 Å². The van der Waals surface area contributed by atoms with Crippen LogP contribution in [0.25, 0.3) is 0 Å². The van der Waals surface area contributed by atoms with Gasteiger partial charge in [0, 0.05) is 31.4 Å². The maximum Gasteiger partial charge on any atom is 0.169 e. The molecule has 182 valence electrons. The maximum absolute atomic E-state index is 12.3. The van der Waals surface area contributed by atoms with Gasteiger partial charge in [-0.3, -0.25) is 4.72 Å². The lowest BCUT2D eigenvalue weighted by Crippen LogP contribution is -2.39. The van der Waals surface area contributed by atoms with Gasteiger partial charge in [-0.1, -0.05) is 63.4 Å². The Morgan fingerprint density at radius 3 is 2.41 bits per heavy atom. The first kappa shape index (κ1) is 26.2. The molecule has 1 aromatic carbocycles. The average molecular weight is 482 g/mol. The molecule has 32 heavy (non-hydrogen) atoms. The second kappa shape index (κ2) is 12.9. The largest absolute Gasteiger partial charge is 0.385 e. The van der Waals surface area contributed by atoms with E-state index in [1.807, 2.05) is 16.3 Å². The number of hydrogen-bond donors (Lipinski definition) is 3. The van der Waals surface area contributed by atoms with Crippen molar-refractivity contribution in [3.63, 3.8) is 0 Å². The molecule has 0 spiro atoms. The minimum atomic E-state index is -1.07. The Hall–Kier alpha value is -0.440. The first-order chi connectivity index (χ1) is 15.4. The van der Waals surface area contributed by atoms with Gasteiger partial charge < -0.3 is 5.11 Å². The molecule has 1 saturated carbocycles. The van der Waals surface area contributed by atoms with Crippen LogP contribution < -0.4 is 9.44 Å². The zero-order chi connectivity index (χ0) is 23.0. The summed E-state index contributed by atoms with van der Waals surface area (Å²) < 4.78 is 21.1. The number of rotatable bonds is 11. The Kier molecular flexibility index (Phi) is 10.5. The summed E-state index contributed by atoms with van der Waals surface area (Å²) in [5, 5.41) is 11.9. The molecule has 0 bridgehead atoms. The van der Waals surface area contributed by atoms with Gasteiger partial charge in [0.05, 0.1) is 5.60 Å². The predicted octanol–water partition coefficient (Wildman–Crippen LogP) is 4.54. The van der Waals surface area contributed by atoms with Crippen LogP contribution in [0.4, 0.5) is 0 Å². The van der Waals surface area contributed by atoms with E-state index in [-0.39, 0.29) is 0 Å². The Morgan fingerprint density at radius 2 is 1.78 bits per heavy atom. The molecule has 0 radical (unpaired) electrons. The van der Waals surface area contributed by atoms with Crippen LogP contribution in [0, 0.1) is 11.8 Å². The molecule has 1 saturated heterocycles. The molecule has 2 fully saturated rings. The Balaban J connectivity index is 1.41. The molecule has 0 amide bonds. The third-order valence-corrected chi connectivity index (χ3v) is 9.16. The Bertz CT molecular complexity index is 700. The number of nitrogens with zero attached hydrogens (tertiary/aromatic N) is 1. The van der Waals surface area contributed by atoms with Gasteiger partial charge in [-0.2, -0.15) is 0 Å². The number of nitrogens with one attached hydrogen (secondary N) is 2. The molecular formula is C25H43N3O2S2. The van der Waals surface area contributed by atoms with E-state index in [2.05, 4.69) is 54.5 Å². The van der Waals surface area contributed by atoms with Crippen molar-refractivity contribution in [1.82, 2.24) is 13.7 Å². The maximum atomic E-state index is 12.3. The molecule has 7 heteroatoms. The summed E-state index contributed by atoms with van der Waals surface area (Å²) in [5.74, 6) is 1.32. The zero-order valence-electron chi connectivity index (χ0n) is 20.1. The fourth-order valence-electron chi connectivity index (χ4n) is 4.87. The van der Waals surface area contributed by atoms with E-state index in [4.69, 9.17) is 0 Å². The molecule has 0 aromatic heterocycles. The number of hydrogen-bond acceptors (Lipinski definition) is 4. The van der Waals surface area contributed by atoms with Crippen LogP contribution in [-0.4, -0.2) is 45.0 Å². The highest BCUT2D eigenvalue weighted by Crippen LogP contribution is 2.41. The lowest BCUT2D eigenvalue weighted by Gasteiger charge is -2.38. The normalized spacial score (nSPS) is 26.8. The quantitative estimate of drug-likeness (QED) is 0.406. The SMILES string of the molecule is CC(C)SNCC(C)C1CCC(O)(c2ccc(CCNS(=O)N3CCCCC3)cc2)CC1. The van der Waals surface area contributed by atoms with Gasteiger partial charge in [-0.05, 0) is 67.9 Å². The van der Waals surface area contributed by atoms with Crippen LogP contribution in [0.1, 0.15) is 76.8 Å². The number of aliphatic hydroxyl groups is 1. The highest BCUT2D eigenvalue weighted by Gasteiger charge is 2.36. The molecule has 2 atom stereocenters. The van der Waals surface area contributed by atoms with Crippen LogP contribution in [0.3, 0.4) is 0 Å². The van der Waals surface area contributed by atoms with Crippen molar-refractivity contribution in [3.05, 3.63) is 35.4 Å². The minimum absolute atomic E-state index is 0.606. The first-order valence-corrected chi connectivity index (χ1v) is 14.5. The van der Waals surface area contributed by atoms with E-state index >= 15 is 0 Å². The van der Waals surface area contributed by atoms with Crippen LogP contribution >= 0.6 is 11.9 Å². The fraction of sp³-hybridized carbons (Fsp3) is 0.760. The zero-order valence-corrected chi connectivity index (χ0v) is 21.8. The molecule has 1 aliphatic heterocycles. The molecule has 3 rings (SSSR count). The molecule has 2 unspecified atom stereocenters. The summed E-state index contributed by atoms with van der Waals surface area (Å²) >= 11 is 0.743. The third kappa shape index (κ3) is 7.81. The van der Waals surface area contributed by atoms with Gasteiger partial charge in [-0.15, -0.1) is 0 Å². The third-order valence-electron chi connectivity index (χ3n) is 7.07. The van der Waals surface area contributed by atoms with Crippen molar-refractivity contribution < 1.29 is 9.32 Å². The van der Waals surface area contributed by atoms with Gasteiger partial charge >= 0.3 is 0 Å². The summed E-state index contributed by atoms with van der Waals surface area (Å²) in [6.07, 6.45) is 8.24. The number of benzene rings is 1. The van der Waals surface area contributed by atoms with E-state index < -0.39 is 16.8 Å². The molecule has 2 aliphatic rings. The smallest absolute Gasteiger partial charge is 0.169 e. The monoisotopic (exact) mass is 481 g/mol. The van der Waals surface area contributed by atoms with Crippen molar-refractivity contribution in [3.8, 4) is 0 Å². The predicted molar refractivity (Wildman–Crippen MR) is 137 cm³/mol. The van der Waals surface area contributed by atoms with Gasteiger partial charge in [0.1, 0.15) is 0 Å². The van der Waals surface area contributed by atoms with Crippen molar-refractivity contribution in [1.29, 1.82) is 0 Å². The Morgan fingerprint density at radius 1 is 1.12 bits per heavy atom. The van der Waals surface area contributed by atoms with Crippen LogP contribution in [-0.2, 0) is 23.2 Å². The molecule has 5 nitrogen and oxygen atoms in total. The summed E-state index contributed by atoms with van der Waals surface area (Å²) in [4.78, 5) is 0. The Labute approximate surface area is 202 Å². The van der Waals surface area contributed by atoms with Crippen LogP contribution in [0.2, 0.25) is 0 Å². The highest BCUT2D eigenvalue weighted by atomic mass is 32.2. The lowest BCUT2D eigenvalue weighted by atomic mass is 9.71. The fourth-order valence-corrected chi connectivity index (χ4v) is 6.62. The van der Waals surface area contributed by atoms with Crippen LogP contribution in [0.5, 0.6) is 0 Å². The second-order valence-corrected chi connectivity index (χ2v) is 12.7. The standard InChI is InChI=1S/C25H43N3O2S2/c1-20(2)31-26-19-21(3)23-11-14-25(29,15-12-23)24-9-7-22(8-10-24)13-16-27-32(30)28-17-5-4-6-18-28/h7-10,20-21,23,26-27,29H,4-6,11-19H2,1-3H3. The first-order valence-electron chi connectivity index (χ1n) is 12.5. The van der Waals surface area contributed by atoms with Crippen molar-refractivity contribution in [2.75, 3.05) is 26.2 Å². The van der Waals surface area contributed by atoms with E-state index in [1.165, 1.54) is 12.0 Å². The highest BCUT2D eigenvalue weighted by molar-refractivity contribution is 7.97. The van der Waals surface area contributed by atoms with Crippen molar-refractivity contribution in [2.45, 2.75) is 83.0 Å². The summed E-state index contributed by atoms with van der Waals surface area (Å²) in [6.45, 7) is 10.4. The lowest BCUT2D eigenvalue weighted by molar-refractivity contribution is -0.0207. The molecular weight excluding hydrogens is 438 g/mol. The van der Waals surface area contributed by atoms with E-state index in [9.17, 15) is 9.32 Å². The topological polar surface area (TPSA) is 64.6 Å². The molecule has 3 N–H and O–H groups in total. The molecule has 1 aromatic rings. The van der Waals surface area contributed by atoms with E-state index in [0.717, 1.165) is 70.1 Å². The van der Waals surface area contributed by atoms with Gasteiger partial charge in [0.2, 0.25) is 0 Å². The van der Waals surface area contributed by atoms with E-state index in [0.29, 0.717) is 23.6 Å². The summed E-state index contributed by atoms with van der Waals surface area (Å²) in [6, 6.07) is 8.45. The van der Waals surface area contributed by atoms with Crippen molar-refractivity contribution in [2.24, 2.45) is 11.8 Å². The van der Waals surface area contributed by atoms with Gasteiger partial charge in [0.15, 0.2) is 11.2 Å². The molecule has 1 heterocycles. The van der Waals surface area contributed by atoms with Crippen molar-refractivity contribution >= 4 is 23.1 Å². The number of piperidine rings is 1. The average Bonchev–Trinajstić information content (AvgIpc) is 2.80. The van der Waals surface area contributed by atoms with Crippen LogP contribution in [0.15, 0.2) is 24.3 Å². The van der Waals surface area contributed by atoms with Gasteiger partial charge in [-0.25, -0.2) is 13.2 Å². The summed E-state index contributed by atoms with van der Waals surface area (Å²) in [5.41, 5.74) is 1.57. The molecule has 1 aliphatic carbocycles. The second-order valence-electron chi connectivity index (χ2n) is 9.94. The summed E-state index contributed by atoms with van der Waals surface area (Å²) in [7, 11) is 0.